The molecule has 0 aliphatic rings. The highest BCUT2D eigenvalue weighted by molar-refractivity contribution is 5.87. The maximum absolute atomic E-state index is 12.8. The average molecular weight is 215 g/mol. The van der Waals surface area contributed by atoms with E-state index in [4.69, 9.17) is 10.9 Å². The van der Waals surface area contributed by atoms with Crippen molar-refractivity contribution in [3.63, 3.8) is 0 Å². The summed E-state index contributed by atoms with van der Waals surface area (Å²) in [5.74, 6) is -1.91. The zero-order valence-corrected chi connectivity index (χ0v) is 8.04. The number of halogens is 2. The number of hydrogen-bond donors (Lipinski definition) is 3. The van der Waals surface area contributed by atoms with E-state index in [1.807, 2.05) is 0 Å². The molecule has 1 unspecified atom stereocenters. The SMILES string of the molecule is CC(Nc1ccc(F)c(F)c1)C(N)=NO. The molecule has 1 rings (SSSR count). The summed E-state index contributed by atoms with van der Waals surface area (Å²) in [6.45, 7) is 1.62. The fraction of sp³-hybridized carbons (Fsp3) is 0.222. The third-order valence-electron chi connectivity index (χ3n) is 1.86. The highest BCUT2D eigenvalue weighted by Gasteiger charge is 2.08. The quantitative estimate of drug-likeness (QED) is 0.310. The minimum absolute atomic E-state index is 0.0419. The summed E-state index contributed by atoms with van der Waals surface area (Å²) in [6, 6.07) is 2.88. The van der Waals surface area contributed by atoms with E-state index >= 15 is 0 Å². The van der Waals surface area contributed by atoms with E-state index in [2.05, 4.69) is 10.5 Å². The summed E-state index contributed by atoms with van der Waals surface area (Å²) in [5.41, 5.74) is 5.66. The normalized spacial score (nSPS) is 13.7. The van der Waals surface area contributed by atoms with Gasteiger partial charge in [-0.05, 0) is 19.1 Å². The lowest BCUT2D eigenvalue weighted by Crippen LogP contribution is -2.32. The Kier molecular flexibility index (Phi) is 3.43. The number of amidine groups is 1. The zero-order chi connectivity index (χ0) is 11.4. The van der Waals surface area contributed by atoms with Gasteiger partial charge in [-0.15, -0.1) is 0 Å². The van der Waals surface area contributed by atoms with Gasteiger partial charge in [0.1, 0.15) is 0 Å². The molecule has 0 radical (unpaired) electrons. The van der Waals surface area contributed by atoms with E-state index in [0.29, 0.717) is 5.69 Å². The van der Waals surface area contributed by atoms with Crippen LogP contribution in [-0.2, 0) is 0 Å². The van der Waals surface area contributed by atoms with Crippen molar-refractivity contribution in [3.05, 3.63) is 29.8 Å². The summed E-state index contributed by atoms with van der Waals surface area (Å²) in [6.07, 6.45) is 0. The second kappa shape index (κ2) is 4.59. The average Bonchev–Trinajstić information content (AvgIpc) is 2.22. The Hall–Kier alpha value is -1.85. The molecule has 82 valence electrons. The van der Waals surface area contributed by atoms with Crippen LogP contribution in [0.15, 0.2) is 23.4 Å². The fourth-order valence-corrected chi connectivity index (χ4v) is 0.996. The lowest BCUT2D eigenvalue weighted by Gasteiger charge is -2.13. The van der Waals surface area contributed by atoms with Crippen LogP contribution in [0.1, 0.15) is 6.92 Å². The lowest BCUT2D eigenvalue weighted by atomic mass is 10.2. The molecule has 0 spiro atoms. The van der Waals surface area contributed by atoms with Gasteiger partial charge < -0.3 is 16.3 Å². The molecule has 1 atom stereocenters. The molecule has 0 aliphatic heterocycles. The van der Waals surface area contributed by atoms with E-state index in [1.165, 1.54) is 6.07 Å². The minimum atomic E-state index is -0.952. The molecule has 4 N–H and O–H groups in total. The Morgan fingerprint density at radius 3 is 2.67 bits per heavy atom. The van der Waals surface area contributed by atoms with Crippen molar-refractivity contribution in [3.8, 4) is 0 Å². The van der Waals surface area contributed by atoms with Crippen LogP contribution >= 0.6 is 0 Å². The van der Waals surface area contributed by atoms with Crippen LogP contribution in [0.2, 0.25) is 0 Å². The van der Waals surface area contributed by atoms with Crippen molar-refractivity contribution >= 4 is 11.5 Å². The highest BCUT2D eigenvalue weighted by Crippen LogP contribution is 2.13. The molecule has 15 heavy (non-hydrogen) atoms. The summed E-state index contributed by atoms with van der Waals surface area (Å²) in [5, 5.41) is 13.9. The Bertz CT molecular complexity index is 382. The monoisotopic (exact) mass is 215 g/mol. The van der Waals surface area contributed by atoms with Crippen LogP contribution in [0.25, 0.3) is 0 Å². The molecule has 0 amide bonds. The van der Waals surface area contributed by atoms with Gasteiger partial charge in [0.25, 0.3) is 0 Å². The molecular formula is C9H11F2N3O. The predicted molar refractivity (Wildman–Crippen MR) is 52.9 cm³/mol. The van der Waals surface area contributed by atoms with Crippen molar-refractivity contribution in [1.29, 1.82) is 0 Å². The molecule has 1 aromatic rings. The van der Waals surface area contributed by atoms with Gasteiger partial charge >= 0.3 is 0 Å². The van der Waals surface area contributed by atoms with Crippen LogP contribution in [-0.4, -0.2) is 17.1 Å². The molecule has 0 aromatic heterocycles. The standard InChI is InChI=1S/C9H11F2N3O/c1-5(9(12)14-15)13-6-2-3-7(10)8(11)4-6/h2-5,13,15H,1H3,(H2,12,14). The maximum Gasteiger partial charge on any atom is 0.161 e. The fourth-order valence-electron chi connectivity index (χ4n) is 0.996. The van der Waals surface area contributed by atoms with Crippen LogP contribution in [0, 0.1) is 11.6 Å². The first-order valence-electron chi connectivity index (χ1n) is 4.23. The number of anilines is 1. The molecular weight excluding hydrogens is 204 g/mol. The van der Waals surface area contributed by atoms with Gasteiger partial charge in [0.05, 0.1) is 6.04 Å². The maximum atomic E-state index is 12.8. The van der Waals surface area contributed by atoms with E-state index in [-0.39, 0.29) is 5.84 Å². The first-order valence-corrected chi connectivity index (χ1v) is 4.23. The van der Waals surface area contributed by atoms with Gasteiger partial charge in [-0.2, -0.15) is 0 Å². The summed E-state index contributed by atoms with van der Waals surface area (Å²) >= 11 is 0. The van der Waals surface area contributed by atoms with E-state index < -0.39 is 17.7 Å². The van der Waals surface area contributed by atoms with Crippen LogP contribution in [0.4, 0.5) is 14.5 Å². The number of nitrogens with zero attached hydrogens (tertiary/aromatic N) is 1. The van der Waals surface area contributed by atoms with Gasteiger partial charge in [-0.1, -0.05) is 5.16 Å². The first kappa shape index (κ1) is 11.2. The Balaban J connectivity index is 2.77. The molecule has 0 heterocycles. The van der Waals surface area contributed by atoms with Gasteiger partial charge in [-0.25, -0.2) is 8.78 Å². The smallest absolute Gasteiger partial charge is 0.161 e. The molecule has 0 saturated carbocycles. The van der Waals surface area contributed by atoms with Gasteiger partial charge in [0, 0.05) is 11.8 Å². The van der Waals surface area contributed by atoms with Gasteiger partial charge in [-0.3, -0.25) is 0 Å². The van der Waals surface area contributed by atoms with Crippen molar-refractivity contribution in [2.45, 2.75) is 13.0 Å². The van der Waals surface area contributed by atoms with E-state index in [9.17, 15) is 8.78 Å². The lowest BCUT2D eigenvalue weighted by molar-refractivity contribution is 0.316. The number of benzene rings is 1. The number of oxime groups is 1. The van der Waals surface area contributed by atoms with Crippen LogP contribution < -0.4 is 11.1 Å². The molecule has 0 aliphatic carbocycles. The molecule has 0 saturated heterocycles. The largest absolute Gasteiger partial charge is 0.409 e. The second-order valence-corrected chi connectivity index (χ2v) is 3.02. The van der Waals surface area contributed by atoms with Crippen molar-refractivity contribution < 1.29 is 14.0 Å². The number of rotatable bonds is 3. The topological polar surface area (TPSA) is 70.6 Å². The van der Waals surface area contributed by atoms with Crippen LogP contribution in [0.3, 0.4) is 0 Å². The number of nitrogens with one attached hydrogen (secondary N) is 1. The Morgan fingerprint density at radius 1 is 1.47 bits per heavy atom. The third-order valence-corrected chi connectivity index (χ3v) is 1.86. The molecule has 0 fully saturated rings. The first-order chi connectivity index (χ1) is 7.04. The van der Waals surface area contributed by atoms with E-state index in [0.717, 1.165) is 12.1 Å². The Morgan fingerprint density at radius 2 is 2.13 bits per heavy atom. The van der Waals surface area contributed by atoms with Gasteiger partial charge in [0.15, 0.2) is 17.5 Å². The number of nitrogens with two attached hydrogens (primary N) is 1. The minimum Gasteiger partial charge on any atom is -0.409 e. The zero-order valence-electron chi connectivity index (χ0n) is 8.04. The van der Waals surface area contributed by atoms with Gasteiger partial charge in [0.2, 0.25) is 0 Å². The Labute approximate surface area is 85.4 Å². The molecule has 4 nitrogen and oxygen atoms in total. The van der Waals surface area contributed by atoms with Crippen molar-refractivity contribution in [2.24, 2.45) is 10.9 Å². The highest BCUT2D eigenvalue weighted by atomic mass is 19.2. The molecule has 6 heteroatoms. The third kappa shape index (κ3) is 2.80. The summed E-state index contributed by atoms with van der Waals surface area (Å²) < 4.78 is 25.4. The predicted octanol–water partition coefficient (Wildman–Crippen LogP) is 1.51. The van der Waals surface area contributed by atoms with E-state index in [1.54, 1.807) is 6.92 Å². The molecule has 0 bridgehead atoms. The van der Waals surface area contributed by atoms with Crippen molar-refractivity contribution in [2.75, 3.05) is 5.32 Å². The van der Waals surface area contributed by atoms with Crippen molar-refractivity contribution in [1.82, 2.24) is 0 Å². The molecule has 1 aromatic carbocycles. The second-order valence-electron chi connectivity index (χ2n) is 3.02. The van der Waals surface area contributed by atoms with Crippen LogP contribution in [0.5, 0.6) is 0 Å². The summed E-state index contributed by atoms with van der Waals surface area (Å²) in [7, 11) is 0. The summed E-state index contributed by atoms with van der Waals surface area (Å²) in [4.78, 5) is 0. The number of hydrogen-bond acceptors (Lipinski definition) is 3.